The molecule has 1 aliphatic rings. The predicted octanol–water partition coefficient (Wildman–Crippen LogP) is 4.08. The molecule has 4 aromatic rings. The average Bonchev–Trinajstić information content (AvgIpc) is 3.49. The normalized spacial score (nSPS) is 17.5. The first-order valence-electron chi connectivity index (χ1n) is 10.3. The number of rotatable bonds is 5. The van der Waals surface area contributed by atoms with E-state index < -0.39 is 10.0 Å². The lowest BCUT2D eigenvalue weighted by atomic mass is 10.1. The van der Waals surface area contributed by atoms with E-state index in [4.69, 9.17) is 9.40 Å². The molecule has 0 bridgehead atoms. The molecule has 0 N–H and O–H groups in total. The van der Waals surface area contributed by atoms with E-state index in [9.17, 15) is 8.42 Å². The summed E-state index contributed by atoms with van der Waals surface area (Å²) >= 11 is 0. The van der Waals surface area contributed by atoms with E-state index >= 15 is 0 Å². The molecule has 7 nitrogen and oxygen atoms in total. The first kappa shape index (κ1) is 20.0. The molecule has 4 heterocycles. The molecule has 1 fully saturated rings. The van der Waals surface area contributed by atoms with Crippen LogP contribution in [0.25, 0.3) is 22.7 Å². The Morgan fingerprint density at radius 2 is 2.00 bits per heavy atom. The fourth-order valence-electron chi connectivity index (χ4n) is 4.22. The minimum atomic E-state index is -3.43. The van der Waals surface area contributed by atoms with Crippen molar-refractivity contribution in [2.75, 3.05) is 13.1 Å². The lowest BCUT2D eigenvalue weighted by Gasteiger charge is -2.18. The van der Waals surface area contributed by atoms with Crippen LogP contribution in [-0.4, -0.2) is 40.3 Å². The Balaban J connectivity index is 1.45. The van der Waals surface area contributed by atoms with E-state index in [1.54, 1.807) is 16.8 Å². The van der Waals surface area contributed by atoms with Gasteiger partial charge in [-0.05, 0) is 61.2 Å². The maximum Gasteiger partial charge on any atom is 0.218 e. The molecule has 31 heavy (non-hydrogen) atoms. The van der Waals surface area contributed by atoms with Crippen molar-refractivity contribution in [1.82, 2.24) is 18.8 Å². The largest absolute Gasteiger partial charge is 0.461 e. The van der Waals surface area contributed by atoms with Gasteiger partial charge in [0.2, 0.25) is 10.0 Å². The van der Waals surface area contributed by atoms with Crippen molar-refractivity contribution in [1.29, 1.82) is 0 Å². The molecule has 1 aromatic carbocycles. The van der Waals surface area contributed by atoms with Crippen LogP contribution in [0.1, 0.15) is 29.2 Å². The highest BCUT2D eigenvalue weighted by atomic mass is 32.2. The molecule has 0 radical (unpaired) electrons. The summed E-state index contributed by atoms with van der Waals surface area (Å²) in [4.78, 5) is 9.23. The monoisotopic (exact) mass is 436 g/mol. The number of nitrogens with zero attached hydrogens (tertiary/aromatic N) is 4. The van der Waals surface area contributed by atoms with Crippen molar-refractivity contribution in [2.45, 2.75) is 32.1 Å². The summed E-state index contributed by atoms with van der Waals surface area (Å²) in [7, 11) is -3.43. The van der Waals surface area contributed by atoms with Crippen molar-refractivity contribution < 1.29 is 12.8 Å². The van der Waals surface area contributed by atoms with E-state index in [1.165, 1.54) is 0 Å². The number of furan rings is 1. The van der Waals surface area contributed by atoms with Crippen LogP contribution in [-0.2, 0) is 15.8 Å². The maximum absolute atomic E-state index is 13.2. The highest BCUT2D eigenvalue weighted by Crippen LogP contribution is 2.33. The summed E-state index contributed by atoms with van der Waals surface area (Å²) in [6, 6.07) is 13.2. The molecule has 5 rings (SSSR count). The van der Waals surface area contributed by atoms with Gasteiger partial charge in [-0.3, -0.25) is 0 Å². The van der Waals surface area contributed by atoms with Crippen molar-refractivity contribution in [3.63, 3.8) is 0 Å². The summed E-state index contributed by atoms with van der Waals surface area (Å²) in [5.41, 5.74) is 4.59. The quantitative estimate of drug-likeness (QED) is 0.471. The highest BCUT2D eigenvalue weighted by Gasteiger charge is 2.35. The Kier molecular flexibility index (Phi) is 4.91. The topological polar surface area (TPSA) is 81.2 Å². The standard InChI is InChI=1S/C23H24N4O3S/c1-16-7-8-18(13-17(16)2)15-31(28,29)26-11-9-19(14-26)27-22-20(5-3-10-24-22)25-23(27)21-6-4-12-30-21/h3-8,10,12-13,19H,9,11,14-15H2,1-2H3. The van der Waals surface area contributed by atoms with Crippen molar-refractivity contribution >= 4 is 21.2 Å². The van der Waals surface area contributed by atoms with Crippen LogP contribution in [0, 0.1) is 13.8 Å². The fraction of sp³-hybridized carbons (Fsp3) is 0.304. The second-order valence-electron chi connectivity index (χ2n) is 8.10. The Bertz CT molecular complexity index is 1340. The van der Waals surface area contributed by atoms with Crippen molar-refractivity contribution in [2.24, 2.45) is 0 Å². The zero-order valence-electron chi connectivity index (χ0n) is 17.5. The smallest absolute Gasteiger partial charge is 0.218 e. The lowest BCUT2D eigenvalue weighted by molar-refractivity contribution is 0.453. The van der Waals surface area contributed by atoms with Gasteiger partial charge in [-0.2, -0.15) is 4.31 Å². The molecular formula is C23H24N4O3S. The van der Waals surface area contributed by atoms with Gasteiger partial charge in [-0.1, -0.05) is 18.2 Å². The molecule has 1 unspecified atom stereocenters. The third-order valence-electron chi connectivity index (χ3n) is 6.00. The predicted molar refractivity (Wildman–Crippen MR) is 119 cm³/mol. The third-order valence-corrected chi connectivity index (χ3v) is 7.81. The third kappa shape index (κ3) is 3.66. The van der Waals surface area contributed by atoms with Gasteiger partial charge in [0.25, 0.3) is 0 Å². The molecule has 1 aliphatic heterocycles. The van der Waals surface area contributed by atoms with E-state index in [2.05, 4.69) is 4.98 Å². The van der Waals surface area contributed by atoms with Crippen molar-refractivity contribution in [3.05, 3.63) is 71.6 Å². The van der Waals surface area contributed by atoms with Crippen LogP contribution in [0.5, 0.6) is 0 Å². The van der Waals surface area contributed by atoms with Gasteiger partial charge in [0.15, 0.2) is 17.2 Å². The molecule has 1 atom stereocenters. The number of benzene rings is 1. The van der Waals surface area contributed by atoms with E-state index in [0.29, 0.717) is 31.1 Å². The molecule has 0 amide bonds. The molecular weight excluding hydrogens is 412 g/mol. The Morgan fingerprint density at radius 1 is 1.13 bits per heavy atom. The second-order valence-corrected chi connectivity index (χ2v) is 10.1. The van der Waals surface area contributed by atoms with Gasteiger partial charge in [0, 0.05) is 19.3 Å². The zero-order valence-corrected chi connectivity index (χ0v) is 18.3. The number of imidazole rings is 1. The Labute approximate surface area is 181 Å². The summed E-state index contributed by atoms with van der Waals surface area (Å²) < 4.78 is 35.5. The lowest BCUT2D eigenvalue weighted by Crippen LogP contribution is -2.30. The van der Waals surface area contributed by atoms with Gasteiger partial charge >= 0.3 is 0 Å². The number of sulfonamides is 1. The summed E-state index contributed by atoms with van der Waals surface area (Å²) in [6.45, 7) is 4.90. The summed E-state index contributed by atoms with van der Waals surface area (Å²) in [6.07, 6.45) is 4.04. The zero-order chi connectivity index (χ0) is 21.6. The van der Waals surface area contributed by atoms with Crippen LogP contribution < -0.4 is 0 Å². The molecule has 8 heteroatoms. The van der Waals surface area contributed by atoms with Gasteiger partial charge in [0.05, 0.1) is 18.1 Å². The van der Waals surface area contributed by atoms with Crippen LogP contribution in [0.2, 0.25) is 0 Å². The average molecular weight is 437 g/mol. The highest BCUT2D eigenvalue weighted by molar-refractivity contribution is 7.88. The number of aryl methyl sites for hydroxylation is 2. The minimum Gasteiger partial charge on any atom is -0.461 e. The SMILES string of the molecule is Cc1ccc(CS(=O)(=O)N2CCC(n3c(-c4ccco4)nc4cccnc43)C2)cc1C. The van der Waals surface area contributed by atoms with Gasteiger partial charge in [0.1, 0.15) is 5.52 Å². The minimum absolute atomic E-state index is 0.00874. The van der Waals surface area contributed by atoms with Crippen LogP contribution >= 0.6 is 0 Å². The van der Waals surface area contributed by atoms with Crippen molar-refractivity contribution in [3.8, 4) is 11.6 Å². The number of fused-ring (bicyclic) bond motifs is 1. The van der Waals surface area contributed by atoms with E-state index in [-0.39, 0.29) is 11.8 Å². The van der Waals surface area contributed by atoms with Gasteiger partial charge in [-0.25, -0.2) is 18.4 Å². The Morgan fingerprint density at radius 3 is 2.77 bits per heavy atom. The molecule has 160 valence electrons. The molecule has 0 spiro atoms. The van der Waals surface area contributed by atoms with Gasteiger partial charge in [-0.15, -0.1) is 0 Å². The van der Waals surface area contributed by atoms with E-state index in [0.717, 1.165) is 27.9 Å². The van der Waals surface area contributed by atoms with E-state index in [1.807, 2.05) is 60.9 Å². The van der Waals surface area contributed by atoms with Crippen LogP contribution in [0.15, 0.2) is 59.3 Å². The number of pyridine rings is 1. The molecule has 0 aliphatic carbocycles. The van der Waals surface area contributed by atoms with Crippen LogP contribution in [0.4, 0.5) is 0 Å². The van der Waals surface area contributed by atoms with Gasteiger partial charge < -0.3 is 8.98 Å². The number of hydrogen-bond acceptors (Lipinski definition) is 5. The maximum atomic E-state index is 13.2. The molecule has 3 aromatic heterocycles. The fourth-order valence-corrected chi connectivity index (χ4v) is 5.79. The molecule has 0 saturated carbocycles. The number of hydrogen-bond donors (Lipinski definition) is 0. The Hall–Kier alpha value is -2.97. The molecule has 1 saturated heterocycles. The van der Waals surface area contributed by atoms with Crippen LogP contribution in [0.3, 0.4) is 0 Å². The number of aromatic nitrogens is 3. The first-order valence-corrected chi connectivity index (χ1v) is 11.9. The second kappa shape index (κ2) is 7.62. The first-order chi connectivity index (χ1) is 14.9. The summed E-state index contributed by atoms with van der Waals surface area (Å²) in [5, 5.41) is 0. The summed E-state index contributed by atoms with van der Waals surface area (Å²) in [5.74, 6) is 1.33.